The van der Waals surface area contributed by atoms with Gasteiger partial charge in [-0.15, -0.1) is 12.4 Å². The van der Waals surface area contributed by atoms with Gasteiger partial charge in [-0.3, -0.25) is 4.79 Å². The van der Waals surface area contributed by atoms with Crippen LogP contribution in [0.25, 0.3) is 0 Å². The number of carbonyl (C=O) groups is 1. The highest BCUT2D eigenvalue weighted by atomic mass is 35.5. The van der Waals surface area contributed by atoms with E-state index in [0.717, 1.165) is 11.1 Å². The van der Waals surface area contributed by atoms with Crippen LogP contribution in [0.5, 0.6) is 0 Å². The van der Waals surface area contributed by atoms with Gasteiger partial charge in [0, 0.05) is 25.2 Å². The maximum atomic E-state index is 11.7. The van der Waals surface area contributed by atoms with Gasteiger partial charge in [0.2, 0.25) is 0 Å². The molecule has 1 heterocycles. The van der Waals surface area contributed by atoms with Crippen LogP contribution in [-0.4, -0.2) is 23.9 Å². The number of carbonyl (C=O) groups excluding carboxylic acids is 1. The second-order valence-electron chi connectivity index (χ2n) is 3.17. The van der Waals surface area contributed by atoms with E-state index in [0.29, 0.717) is 19.6 Å². The van der Waals surface area contributed by atoms with Crippen molar-refractivity contribution in [1.29, 1.82) is 0 Å². The van der Waals surface area contributed by atoms with Crippen LogP contribution in [-0.2, 0) is 6.54 Å². The molecule has 4 heteroatoms. The molecule has 1 aliphatic rings. The predicted molar refractivity (Wildman–Crippen MR) is 57.5 cm³/mol. The van der Waals surface area contributed by atoms with Crippen LogP contribution < -0.4 is 5.73 Å². The molecule has 0 unspecified atom stereocenters. The number of nitrogens with zero attached hydrogens (tertiary/aromatic N) is 1. The number of halogens is 1. The van der Waals surface area contributed by atoms with E-state index in [1.165, 1.54) is 0 Å². The normalized spacial score (nSPS) is 13.8. The molecule has 0 saturated heterocycles. The number of nitrogens with two attached hydrogens (primary N) is 1. The van der Waals surface area contributed by atoms with Crippen LogP contribution in [0.1, 0.15) is 15.9 Å². The first-order valence-corrected chi connectivity index (χ1v) is 4.40. The van der Waals surface area contributed by atoms with Crippen molar-refractivity contribution in [3.8, 4) is 0 Å². The molecule has 1 aromatic carbocycles. The lowest BCUT2D eigenvalue weighted by Crippen LogP contribution is -2.29. The van der Waals surface area contributed by atoms with Crippen molar-refractivity contribution in [2.24, 2.45) is 5.73 Å². The van der Waals surface area contributed by atoms with Crippen LogP contribution in [0.15, 0.2) is 24.3 Å². The minimum atomic E-state index is 0. The van der Waals surface area contributed by atoms with E-state index in [9.17, 15) is 4.79 Å². The summed E-state index contributed by atoms with van der Waals surface area (Å²) in [6.45, 7) is 1.89. The molecule has 1 amide bonds. The molecule has 14 heavy (non-hydrogen) atoms. The Labute approximate surface area is 89.3 Å². The van der Waals surface area contributed by atoms with Crippen molar-refractivity contribution in [3.63, 3.8) is 0 Å². The fourth-order valence-electron chi connectivity index (χ4n) is 1.65. The second-order valence-corrected chi connectivity index (χ2v) is 3.17. The van der Waals surface area contributed by atoms with Crippen LogP contribution in [0.2, 0.25) is 0 Å². The largest absolute Gasteiger partial charge is 0.333 e. The van der Waals surface area contributed by atoms with Crippen molar-refractivity contribution in [3.05, 3.63) is 35.4 Å². The van der Waals surface area contributed by atoms with Crippen molar-refractivity contribution in [2.75, 3.05) is 13.1 Å². The quantitative estimate of drug-likeness (QED) is 0.796. The molecule has 1 aliphatic heterocycles. The van der Waals surface area contributed by atoms with Crippen LogP contribution in [0.4, 0.5) is 0 Å². The molecule has 2 N–H and O–H groups in total. The molecule has 0 radical (unpaired) electrons. The van der Waals surface area contributed by atoms with Crippen molar-refractivity contribution >= 4 is 18.3 Å². The second kappa shape index (κ2) is 4.44. The predicted octanol–water partition coefficient (Wildman–Crippen LogP) is 1.02. The summed E-state index contributed by atoms with van der Waals surface area (Å²) in [4.78, 5) is 13.4. The summed E-state index contributed by atoms with van der Waals surface area (Å²) in [7, 11) is 0. The first kappa shape index (κ1) is 11.0. The molecule has 76 valence electrons. The van der Waals surface area contributed by atoms with Crippen LogP contribution in [0.3, 0.4) is 0 Å². The van der Waals surface area contributed by atoms with E-state index in [1.54, 1.807) is 4.90 Å². The SMILES string of the molecule is Cl.NCCN1Cc2ccccc2C1=O. The van der Waals surface area contributed by atoms with Gasteiger partial charge >= 0.3 is 0 Å². The molecule has 3 nitrogen and oxygen atoms in total. The Balaban J connectivity index is 0.000000980. The van der Waals surface area contributed by atoms with Crippen molar-refractivity contribution in [2.45, 2.75) is 6.54 Å². The summed E-state index contributed by atoms with van der Waals surface area (Å²) in [6.07, 6.45) is 0. The molecule has 1 aromatic rings. The summed E-state index contributed by atoms with van der Waals surface area (Å²) in [5.41, 5.74) is 7.35. The van der Waals surface area contributed by atoms with Gasteiger partial charge in [-0.2, -0.15) is 0 Å². The van der Waals surface area contributed by atoms with E-state index in [2.05, 4.69) is 0 Å². The average molecular weight is 213 g/mol. The smallest absolute Gasteiger partial charge is 0.254 e. The summed E-state index contributed by atoms with van der Waals surface area (Å²) in [5, 5.41) is 0. The lowest BCUT2D eigenvalue weighted by Gasteiger charge is -2.13. The topological polar surface area (TPSA) is 46.3 Å². The van der Waals surface area contributed by atoms with E-state index in [-0.39, 0.29) is 18.3 Å². The Morgan fingerprint density at radius 1 is 1.36 bits per heavy atom. The molecular formula is C10H13ClN2O. The maximum Gasteiger partial charge on any atom is 0.254 e. The fraction of sp³-hybridized carbons (Fsp3) is 0.300. The monoisotopic (exact) mass is 212 g/mol. The number of amides is 1. The molecule has 0 spiro atoms. The third-order valence-corrected chi connectivity index (χ3v) is 2.30. The van der Waals surface area contributed by atoms with E-state index in [4.69, 9.17) is 5.73 Å². The highest BCUT2D eigenvalue weighted by Gasteiger charge is 2.25. The molecule has 2 rings (SSSR count). The summed E-state index contributed by atoms with van der Waals surface area (Å²) in [5.74, 6) is 0.112. The lowest BCUT2D eigenvalue weighted by atomic mass is 10.1. The number of benzene rings is 1. The summed E-state index contributed by atoms with van der Waals surface area (Å²) < 4.78 is 0. The Hall–Kier alpha value is -1.06. The zero-order valence-electron chi connectivity index (χ0n) is 7.77. The maximum absolute atomic E-state index is 11.7. The van der Waals surface area contributed by atoms with Crippen molar-refractivity contribution in [1.82, 2.24) is 4.90 Å². The van der Waals surface area contributed by atoms with E-state index < -0.39 is 0 Å². The molecule has 0 aromatic heterocycles. The first-order valence-electron chi connectivity index (χ1n) is 4.40. The first-order chi connectivity index (χ1) is 6.33. The molecule has 0 bridgehead atoms. The van der Waals surface area contributed by atoms with Gasteiger partial charge in [-0.1, -0.05) is 18.2 Å². The third-order valence-electron chi connectivity index (χ3n) is 2.30. The van der Waals surface area contributed by atoms with E-state index in [1.807, 2.05) is 24.3 Å². The van der Waals surface area contributed by atoms with Crippen LogP contribution >= 0.6 is 12.4 Å². The fourth-order valence-corrected chi connectivity index (χ4v) is 1.65. The van der Waals surface area contributed by atoms with Gasteiger partial charge in [-0.05, 0) is 11.6 Å². The van der Waals surface area contributed by atoms with Gasteiger partial charge in [0.15, 0.2) is 0 Å². The molecule has 0 fully saturated rings. The Morgan fingerprint density at radius 3 is 2.71 bits per heavy atom. The summed E-state index contributed by atoms with van der Waals surface area (Å²) >= 11 is 0. The average Bonchev–Trinajstić information content (AvgIpc) is 2.46. The van der Waals surface area contributed by atoms with Gasteiger partial charge in [0.1, 0.15) is 0 Å². The highest BCUT2D eigenvalue weighted by molar-refractivity contribution is 5.98. The third kappa shape index (κ3) is 1.74. The molecule has 0 saturated carbocycles. The Morgan fingerprint density at radius 2 is 2.07 bits per heavy atom. The van der Waals surface area contributed by atoms with E-state index >= 15 is 0 Å². The van der Waals surface area contributed by atoms with Gasteiger partial charge in [-0.25, -0.2) is 0 Å². The van der Waals surface area contributed by atoms with Gasteiger partial charge < -0.3 is 10.6 Å². The molecular weight excluding hydrogens is 200 g/mol. The highest BCUT2D eigenvalue weighted by Crippen LogP contribution is 2.21. The van der Waals surface area contributed by atoms with Gasteiger partial charge in [0.25, 0.3) is 5.91 Å². The summed E-state index contributed by atoms with van der Waals surface area (Å²) in [6, 6.07) is 7.71. The molecule has 0 atom stereocenters. The number of fused-ring (bicyclic) bond motifs is 1. The van der Waals surface area contributed by atoms with Crippen LogP contribution in [0, 0.1) is 0 Å². The number of hydrogen-bond acceptors (Lipinski definition) is 2. The number of rotatable bonds is 2. The minimum Gasteiger partial charge on any atom is -0.333 e. The standard InChI is InChI=1S/C10H12N2O.ClH/c11-5-6-12-7-8-3-1-2-4-9(8)10(12)13;/h1-4H,5-7,11H2;1H. The van der Waals surface area contributed by atoms with Crippen molar-refractivity contribution < 1.29 is 4.79 Å². The Bertz CT molecular complexity index is 341. The minimum absolute atomic E-state index is 0. The van der Waals surface area contributed by atoms with Gasteiger partial charge in [0.05, 0.1) is 0 Å². The zero-order chi connectivity index (χ0) is 9.26. The molecule has 0 aliphatic carbocycles. The zero-order valence-corrected chi connectivity index (χ0v) is 8.59. The lowest BCUT2D eigenvalue weighted by molar-refractivity contribution is 0.0783. The number of hydrogen-bond donors (Lipinski definition) is 1. The Kier molecular flexibility index (Phi) is 3.49.